The van der Waals surface area contributed by atoms with Crippen LogP contribution in [-0.4, -0.2) is 5.54 Å². The Bertz CT molecular complexity index is 331. The zero-order chi connectivity index (χ0) is 17.1. The molecule has 2 unspecified atom stereocenters. The van der Waals surface area contributed by atoms with Crippen LogP contribution in [0, 0.1) is 11.8 Å². The van der Waals surface area contributed by atoms with Gasteiger partial charge in [0.25, 0.3) is 0 Å². The van der Waals surface area contributed by atoms with Crippen molar-refractivity contribution < 1.29 is 0 Å². The standard InChI is InChI=1S/C22H43N/c1-5-21-14-9-7-6-8-11-16-22(23,18-15-21)17-12-10-13-20(4)19(2)3/h13,19,21H,5-12,14-18,23H2,1-4H3/b20-13+. The normalized spacial score (nSPS) is 28.6. The van der Waals surface area contributed by atoms with Crippen LogP contribution in [0.1, 0.15) is 111 Å². The first-order chi connectivity index (χ1) is 11.0. The molecule has 0 heterocycles. The number of rotatable bonds is 6. The third-order valence-electron chi connectivity index (χ3n) is 6.17. The molecule has 0 amide bonds. The average Bonchev–Trinajstić information content (AvgIpc) is 2.56. The van der Waals surface area contributed by atoms with Gasteiger partial charge in [0.15, 0.2) is 0 Å². The van der Waals surface area contributed by atoms with Crippen molar-refractivity contribution in [3.8, 4) is 0 Å². The minimum Gasteiger partial charge on any atom is -0.325 e. The smallest absolute Gasteiger partial charge is 0.0154 e. The Morgan fingerprint density at radius 3 is 2.48 bits per heavy atom. The van der Waals surface area contributed by atoms with E-state index in [1.54, 1.807) is 0 Å². The van der Waals surface area contributed by atoms with Crippen LogP contribution in [0.15, 0.2) is 11.6 Å². The monoisotopic (exact) mass is 321 g/mol. The molecule has 1 aliphatic rings. The van der Waals surface area contributed by atoms with E-state index >= 15 is 0 Å². The Morgan fingerprint density at radius 1 is 1.09 bits per heavy atom. The van der Waals surface area contributed by atoms with Crippen LogP contribution in [-0.2, 0) is 0 Å². The van der Waals surface area contributed by atoms with Gasteiger partial charge in [0.2, 0.25) is 0 Å². The average molecular weight is 322 g/mol. The van der Waals surface area contributed by atoms with E-state index in [1.165, 1.54) is 89.0 Å². The van der Waals surface area contributed by atoms with Gasteiger partial charge < -0.3 is 5.73 Å². The van der Waals surface area contributed by atoms with Crippen LogP contribution in [0.5, 0.6) is 0 Å². The molecule has 0 radical (unpaired) electrons. The number of unbranched alkanes of at least 4 members (excludes halogenated alkanes) is 1. The van der Waals surface area contributed by atoms with Gasteiger partial charge in [-0.15, -0.1) is 0 Å². The minimum atomic E-state index is 0.108. The topological polar surface area (TPSA) is 26.0 Å². The van der Waals surface area contributed by atoms with Crippen molar-refractivity contribution in [2.45, 2.75) is 117 Å². The molecule has 0 aliphatic heterocycles. The Morgan fingerprint density at radius 2 is 1.78 bits per heavy atom. The molecule has 0 aromatic carbocycles. The Labute approximate surface area is 146 Å². The molecule has 0 saturated heterocycles. The van der Waals surface area contributed by atoms with E-state index in [-0.39, 0.29) is 5.54 Å². The molecule has 1 fully saturated rings. The summed E-state index contributed by atoms with van der Waals surface area (Å²) in [6.45, 7) is 9.19. The maximum absolute atomic E-state index is 6.87. The zero-order valence-electron chi connectivity index (χ0n) is 16.5. The predicted octanol–water partition coefficient (Wildman–Crippen LogP) is 7.01. The first-order valence-electron chi connectivity index (χ1n) is 10.4. The predicted molar refractivity (Wildman–Crippen MR) is 105 cm³/mol. The highest BCUT2D eigenvalue weighted by molar-refractivity contribution is 5.00. The number of hydrogen-bond acceptors (Lipinski definition) is 1. The van der Waals surface area contributed by atoms with E-state index in [0.717, 1.165) is 5.92 Å². The van der Waals surface area contributed by atoms with Crippen LogP contribution in [0.25, 0.3) is 0 Å². The molecular formula is C22H43N. The van der Waals surface area contributed by atoms with Crippen LogP contribution < -0.4 is 5.73 Å². The second-order valence-electron chi connectivity index (χ2n) is 8.48. The van der Waals surface area contributed by atoms with Crippen LogP contribution in [0.3, 0.4) is 0 Å². The summed E-state index contributed by atoms with van der Waals surface area (Å²) in [6.07, 6.45) is 19.8. The third kappa shape index (κ3) is 8.94. The molecule has 0 aromatic heterocycles. The van der Waals surface area contributed by atoms with E-state index in [9.17, 15) is 0 Å². The summed E-state index contributed by atoms with van der Waals surface area (Å²) in [4.78, 5) is 0. The maximum Gasteiger partial charge on any atom is 0.0154 e. The second-order valence-corrected chi connectivity index (χ2v) is 8.48. The molecule has 136 valence electrons. The van der Waals surface area contributed by atoms with Crippen LogP contribution >= 0.6 is 0 Å². The van der Waals surface area contributed by atoms with Crippen LogP contribution in [0.2, 0.25) is 0 Å². The summed E-state index contributed by atoms with van der Waals surface area (Å²) in [5, 5.41) is 0. The lowest BCUT2D eigenvalue weighted by Crippen LogP contribution is -2.40. The molecule has 1 saturated carbocycles. The van der Waals surface area contributed by atoms with E-state index in [2.05, 4.69) is 33.8 Å². The van der Waals surface area contributed by atoms with Crippen molar-refractivity contribution >= 4 is 0 Å². The number of allylic oxidation sites excluding steroid dienone is 2. The zero-order valence-corrected chi connectivity index (χ0v) is 16.5. The summed E-state index contributed by atoms with van der Waals surface area (Å²) in [5.74, 6) is 1.60. The summed E-state index contributed by atoms with van der Waals surface area (Å²) in [5.41, 5.74) is 8.51. The molecule has 0 aromatic rings. The first kappa shape index (κ1) is 20.7. The van der Waals surface area contributed by atoms with Gasteiger partial charge in [0, 0.05) is 5.54 Å². The van der Waals surface area contributed by atoms with E-state index in [4.69, 9.17) is 5.73 Å². The molecule has 1 nitrogen and oxygen atoms in total. The summed E-state index contributed by atoms with van der Waals surface area (Å²) in [6, 6.07) is 0. The molecular weight excluding hydrogens is 278 g/mol. The van der Waals surface area contributed by atoms with Gasteiger partial charge >= 0.3 is 0 Å². The maximum atomic E-state index is 6.87. The SMILES string of the molecule is CCC1CCCCCCCC(N)(CCC/C=C(\C)C(C)C)CC1. The second kappa shape index (κ2) is 11.3. The first-order valence-corrected chi connectivity index (χ1v) is 10.4. The fourth-order valence-corrected chi connectivity index (χ4v) is 3.88. The van der Waals surface area contributed by atoms with Crippen molar-refractivity contribution in [2.75, 3.05) is 0 Å². The van der Waals surface area contributed by atoms with Crippen molar-refractivity contribution in [1.82, 2.24) is 0 Å². The lowest BCUT2D eigenvalue weighted by molar-refractivity contribution is 0.284. The lowest BCUT2D eigenvalue weighted by atomic mass is 9.81. The largest absolute Gasteiger partial charge is 0.325 e. The Hall–Kier alpha value is -0.300. The van der Waals surface area contributed by atoms with E-state index < -0.39 is 0 Å². The van der Waals surface area contributed by atoms with Crippen molar-refractivity contribution in [3.63, 3.8) is 0 Å². The van der Waals surface area contributed by atoms with Gasteiger partial charge in [-0.2, -0.15) is 0 Å². The van der Waals surface area contributed by atoms with Crippen LogP contribution in [0.4, 0.5) is 0 Å². The lowest BCUT2D eigenvalue weighted by Gasteiger charge is -2.31. The molecule has 1 aliphatic carbocycles. The molecule has 2 N–H and O–H groups in total. The molecule has 0 spiro atoms. The van der Waals surface area contributed by atoms with Crippen molar-refractivity contribution in [1.29, 1.82) is 0 Å². The molecule has 2 atom stereocenters. The van der Waals surface area contributed by atoms with Gasteiger partial charge in [-0.05, 0) is 57.3 Å². The highest BCUT2D eigenvalue weighted by atomic mass is 14.7. The Kier molecular flexibility index (Phi) is 10.2. The van der Waals surface area contributed by atoms with Gasteiger partial charge in [-0.1, -0.05) is 77.4 Å². The number of hydrogen-bond donors (Lipinski definition) is 1. The van der Waals surface area contributed by atoms with Gasteiger partial charge in [0.1, 0.15) is 0 Å². The van der Waals surface area contributed by atoms with Gasteiger partial charge in [-0.25, -0.2) is 0 Å². The molecule has 0 bridgehead atoms. The van der Waals surface area contributed by atoms with E-state index in [1.807, 2.05) is 0 Å². The fraction of sp³-hybridized carbons (Fsp3) is 0.909. The summed E-state index contributed by atoms with van der Waals surface area (Å²) in [7, 11) is 0. The summed E-state index contributed by atoms with van der Waals surface area (Å²) < 4.78 is 0. The quantitative estimate of drug-likeness (QED) is 0.413. The fourth-order valence-electron chi connectivity index (χ4n) is 3.88. The molecule has 1 heteroatoms. The molecule has 23 heavy (non-hydrogen) atoms. The highest BCUT2D eigenvalue weighted by Crippen LogP contribution is 2.30. The highest BCUT2D eigenvalue weighted by Gasteiger charge is 2.25. The third-order valence-corrected chi connectivity index (χ3v) is 6.17. The van der Waals surface area contributed by atoms with Crippen molar-refractivity contribution in [3.05, 3.63) is 11.6 Å². The minimum absolute atomic E-state index is 0.108. The van der Waals surface area contributed by atoms with Gasteiger partial charge in [0.05, 0.1) is 0 Å². The van der Waals surface area contributed by atoms with E-state index in [0.29, 0.717) is 5.92 Å². The van der Waals surface area contributed by atoms with Crippen molar-refractivity contribution in [2.24, 2.45) is 17.6 Å². The van der Waals surface area contributed by atoms with Gasteiger partial charge in [-0.3, -0.25) is 0 Å². The molecule has 1 rings (SSSR count). The summed E-state index contributed by atoms with van der Waals surface area (Å²) >= 11 is 0. The Balaban J connectivity index is 2.50. The number of nitrogens with two attached hydrogens (primary N) is 1.